The number of carbonyl (C=O) groups excluding carboxylic acids is 1. The third kappa shape index (κ3) is 3.82. The van der Waals surface area contributed by atoms with Crippen molar-refractivity contribution in [2.45, 2.75) is 26.4 Å². The van der Waals surface area contributed by atoms with Gasteiger partial charge in [-0.3, -0.25) is 14.9 Å². The highest BCUT2D eigenvalue weighted by atomic mass is 19.2. The number of nitro groups is 1. The van der Waals surface area contributed by atoms with Crippen molar-refractivity contribution in [3.63, 3.8) is 0 Å². The van der Waals surface area contributed by atoms with Crippen LogP contribution in [0, 0.1) is 33.6 Å². The van der Waals surface area contributed by atoms with E-state index in [0.717, 1.165) is 6.42 Å². The number of hydrogen-bond donors (Lipinski definition) is 1. The minimum atomic E-state index is -1.36. The van der Waals surface area contributed by atoms with E-state index in [1.54, 1.807) is 0 Å². The predicted octanol–water partition coefficient (Wildman–Crippen LogP) is 2.66. The monoisotopic (exact) mass is 328 g/mol. The van der Waals surface area contributed by atoms with Crippen LogP contribution in [0.4, 0.5) is 14.5 Å². The maximum atomic E-state index is 13.3. The molecule has 1 aromatic carbocycles. The van der Waals surface area contributed by atoms with E-state index in [0.29, 0.717) is 18.7 Å². The van der Waals surface area contributed by atoms with Crippen molar-refractivity contribution in [2.24, 2.45) is 11.8 Å². The average Bonchev–Trinajstić information content (AvgIpc) is 2.95. The quantitative estimate of drug-likeness (QED) is 0.665. The minimum absolute atomic E-state index is 0.00441. The summed E-state index contributed by atoms with van der Waals surface area (Å²) >= 11 is 0. The summed E-state index contributed by atoms with van der Waals surface area (Å²) < 4.78 is 32.0. The van der Waals surface area contributed by atoms with Gasteiger partial charge in [0.1, 0.15) is 5.56 Å². The predicted molar refractivity (Wildman–Crippen MR) is 78.0 cm³/mol. The minimum Gasteiger partial charge on any atom is -0.378 e. The first-order valence-electron chi connectivity index (χ1n) is 7.34. The zero-order valence-electron chi connectivity index (χ0n) is 12.8. The highest BCUT2D eigenvalue weighted by Gasteiger charge is 2.31. The maximum absolute atomic E-state index is 13.3. The van der Waals surface area contributed by atoms with Gasteiger partial charge in [0.15, 0.2) is 11.6 Å². The largest absolute Gasteiger partial charge is 0.378 e. The smallest absolute Gasteiger partial charge is 0.285 e. The summed E-state index contributed by atoms with van der Waals surface area (Å²) in [5.41, 5.74) is -1.25. The topological polar surface area (TPSA) is 81.5 Å². The number of ether oxygens (including phenoxy) is 1. The summed E-state index contributed by atoms with van der Waals surface area (Å²) in [6.45, 7) is 4.86. The zero-order valence-corrected chi connectivity index (χ0v) is 12.8. The number of amides is 1. The average molecular weight is 328 g/mol. The number of rotatable bonds is 5. The molecule has 0 aromatic heterocycles. The second kappa shape index (κ2) is 6.99. The molecule has 1 aromatic rings. The molecule has 1 saturated heterocycles. The molecule has 2 rings (SSSR count). The SMILES string of the molecule is CC(C)[C@@H]1OCC[C@H]1CNC(=O)c1cc(F)c(F)cc1[N+](=O)[O-]. The summed E-state index contributed by atoms with van der Waals surface area (Å²) in [5, 5.41) is 13.5. The zero-order chi connectivity index (χ0) is 17.1. The molecular formula is C15H18F2N2O4. The van der Waals surface area contributed by atoms with Gasteiger partial charge in [0.2, 0.25) is 0 Å². The molecule has 0 unspecified atom stereocenters. The summed E-state index contributed by atoms with van der Waals surface area (Å²) in [4.78, 5) is 22.1. The Morgan fingerprint density at radius 1 is 1.43 bits per heavy atom. The summed E-state index contributed by atoms with van der Waals surface area (Å²) in [6, 6.07) is 0.966. The van der Waals surface area contributed by atoms with Crippen molar-refractivity contribution in [3.05, 3.63) is 39.4 Å². The van der Waals surface area contributed by atoms with Crippen LogP contribution in [0.5, 0.6) is 0 Å². The molecule has 1 aliphatic heterocycles. The molecule has 1 N–H and O–H groups in total. The fourth-order valence-electron chi connectivity index (χ4n) is 2.80. The van der Waals surface area contributed by atoms with Crippen LogP contribution in [0.1, 0.15) is 30.6 Å². The van der Waals surface area contributed by atoms with Crippen LogP contribution < -0.4 is 5.32 Å². The molecule has 0 aliphatic carbocycles. The molecule has 0 spiro atoms. The van der Waals surface area contributed by atoms with Crippen LogP contribution in [0.25, 0.3) is 0 Å². The van der Waals surface area contributed by atoms with E-state index in [1.807, 2.05) is 13.8 Å². The number of nitro benzene ring substituents is 1. The van der Waals surface area contributed by atoms with Crippen LogP contribution in [-0.4, -0.2) is 30.1 Å². The van der Waals surface area contributed by atoms with Crippen molar-refractivity contribution >= 4 is 11.6 Å². The van der Waals surface area contributed by atoms with Gasteiger partial charge in [-0.05, 0) is 18.4 Å². The van der Waals surface area contributed by atoms with Crippen molar-refractivity contribution in [3.8, 4) is 0 Å². The Morgan fingerprint density at radius 2 is 2.09 bits per heavy atom. The van der Waals surface area contributed by atoms with Crippen LogP contribution >= 0.6 is 0 Å². The normalized spacial score (nSPS) is 20.7. The van der Waals surface area contributed by atoms with Crippen molar-refractivity contribution in [2.75, 3.05) is 13.2 Å². The molecule has 6 nitrogen and oxygen atoms in total. The van der Waals surface area contributed by atoms with Gasteiger partial charge in [0.25, 0.3) is 11.6 Å². The lowest BCUT2D eigenvalue weighted by atomic mass is 9.93. The fraction of sp³-hybridized carbons (Fsp3) is 0.533. The van der Waals surface area contributed by atoms with Crippen LogP contribution in [0.15, 0.2) is 12.1 Å². The fourth-order valence-corrected chi connectivity index (χ4v) is 2.80. The molecule has 1 amide bonds. The second-order valence-electron chi connectivity index (χ2n) is 5.88. The summed E-state index contributed by atoms with van der Waals surface area (Å²) in [5.74, 6) is -3.10. The van der Waals surface area contributed by atoms with Crippen molar-refractivity contribution < 1.29 is 23.2 Å². The molecule has 8 heteroatoms. The van der Waals surface area contributed by atoms with Gasteiger partial charge < -0.3 is 10.1 Å². The first-order valence-corrected chi connectivity index (χ1v) is 7.34. The Bertz CT molecular complexity index is 622. The van der Waals surface area contributed by atoms with E-state index in [4.69, 9.17) is 4.74 Å². The Kier molecular flexibility index (Phi) is 5.25. The van der Waals surface area contributed by atoms with E-state index >= 15 is 0 Å². The van der Waals surface area contributed by atoms with Gasteiger partial charge in [-0.25, -0.2) is 8.78 Å². The van der Waals surface area contributed by atoms with Gasteiger partial charge >= 0.3 is 0 Å². The number of hydrogen-bond acceptors (Lipinski definition) is 4. The van der Waals surface area contributed by atoms with Crippen molar-refractivity contribution in [1.82, 2.24) is 5.32 Å². The Labute approximate surface area is 132 Å². The molecule has 0 radical (unpaired) electrons. The molecule has 126 valence electrons. The molecular weight excluding hydrogens is 310 g/mol. The maximum Gasteiger partial charge on any atom is 0.285 e. The highest BCUT2D eigenvalue weighted by Crippen LogP contribution is 2.27. The number of benzene rings is 1. The molecule has 23 heavy (non-hydrogen) atoms. The third-order valence-electron chi connectivity index (χ3n) is 3.93. The van der Waals surface area contributed by atoms with E-state index in [9.17, 15) is 23.7 Å². The van der Waals surface area contributed by atoms with E-state index in [2.05, 4.69) is 5.32 Å². The Hall–Kier alpha value is -2.09. The first-order chi connectivity index (χ1) is 10.8. The van der Waals surface area contributed by atoms with Gasteiger partial charge in [-0.15, -0.1) is 0 Å². The van der Waals surface area contributed by atoms with Crippen LogP contribution in [0.2, 0.25) is 0 Å². The number of carbonyl (C=O) groups is 1. The molecule has 1 fully saturated rings. The van der Waals surface area contributed by atoms with Gasteiger partial charge in [0.05, 0.1) is 17.1 Å². The lowest BCUT2D eigenvalue weighted by Crippen LogP contribution is -2.35. The van der Waals surface area contributed by atoms with E-state index in [1.165, 1.54) is 0 Å². The molecule has 0 bridgehead atoms. The molecule has 2 atom stereocenters. The molecule has 1 aliphatic rings. The van der Waals surface area contributed by atoms with Crippen LogP contribution in [0.3, 0.4) is 0 Å². The van der Waals surface area contributed by atoms with Gasteiger partial charge in [0, 0.05) is 19.1 Å². The standard InChI is InChI=1S/C15H18F2N2O4/c1-8(2)14-9(3-4-23-14)7-18-15(20)10-5-11(16)12(17)6-13(10)19(21)22/h5-6,8-9,14H,3-4,7H2,1-2H3,(H,18,20)/t9-,14-/m0/s1. The van der Waals surface area contributed by atoms with Crippen LogP contribution in [-0.2, 0) is 4.74 Å². The lowest BCUT2D eigenvalue weighted by molar-refractivity contribution is -0.385. The number of nitrogens with one attached hydrogen (secondary N) is 1. The first kappa shape index (κ1) is 17.3. The Morgan fingerprint density at radius 3 is 2.70 bits per heavy atom. The Balaban J connectivity index is 2.12. The summed E-state index contributed by atoms with van der Waals surface area (Å²) in [6.07, 6.45) is 0.762. The molecule has 0 saturated carbocycles. The van der Waals surface area contributed by atoms with Gasteiger partial charge in [-0.2, -0.15) is 0 Å². The second-order valence-corrected chi connectivity index (χ2v) is 5.88. The van der Waals surface area contributed by atoms with E-state index < -0.39 is 33.7 Å². The third-order valence-corrected chi connectivity index (χ3v) is 3.93. The number of nitrogens with zero attached hydrogens (tertiary/aromatic N) is 1. The highest BCUT2D eigenvalue weighted by molar-refractivity contribution is 5.98. The molecule has 1 heterocycles. The summed E-state index contributed by atoms with van der Waals surface area (Å²) in [7, 11) is 0. The van der Waals surface area contributed by atoms with E-state index in [-0.39, 0.29) is 24.5 Å². The number of halogens is 2. The van der Waals surface area contributed by atoms with Crippen molar-refractivity contribution in [1.29, 1.82) is 0 Å². The lowest BCUT2D eigenvalue weighted by Gasteiger charge is -2.22. The van der Waals surface area contributed by atoms with Gasteiger partial charge in [-0.1, -0.05) is 13.8 Å².